The Hall–Kier alpha value is -1.38. The van der Waals surface area contributed by atoms with Crippen molar-refractivity contribution >= 4 is 20.7 Å². The number of benzene rings is 1. The summed E-state index contributed by atoms with van der Waals surface area (Å²) in [5, 5.41) is 0. The minimum atomic E-state index is -0.308. The van der Waals surface area contributed by atoms with Crippen LogP contribution in [0.25, 0.3) is 10.0 Å². The third-order valence-electron chi connectivity index (χ3n) is 2.43. The van der Waals surface area contributed by atoms with Crippen LogP contribution in [0.2, 0.25) is 0 Å². The fourth-order valence-electron chi connectivity index (χ4n) is 1.58. The molecule has 0 aliphatic rings. The topological polar surface area (TPSA) is 39.2 Å². The first kappa shape index (κ1) is 12.1. The zero-order valence-electron chi connectivity index (χ0n) is 9.77. The Labute approximate surface area is 106 Å². The van der Waals surface area contributed by atoms with Gasteiger partial charge in [-0.15, -0.1) is 0 Å². The molecule has 0 spiro atoms. The molecule has 0 saturated heterocycles. The van der Waals surface area contributed by atoms with E-state index in [1.807, 2.05) is 37.3 Å². The van der Waals surface area contributed by atoms with E-state index in [4.69, 9.17) is 4.74 Å². The van der Waals surface area contributed by atoms with Crippen molar-refractivity contribution in [3.63, 3.8) is 0 Å². The van der Waals surface area contributed by atoms with Crippen molar-refractivity contribution in [1.82, 2.24) is 3.98 Å². The van der Waals surface area contributed by atoms with Gasteiger partial charge in [-0.2, -0.15) is 0 Å². The van der Waals surface area contributed by atoms with E-state index in [2.05, 4.69) is 3.98 Å². The van der Waals surface area contributed by atoms with Crippen LogP contribution in [0.4, 0.5) is 0 Å². The SMILES string of the molecule is CCOC(=O)c1n[se]c(-c2ccccc2)c1C. The first-order valence-electron chi connectivity index (χ1n) is 5.43. The molecule has 0 aliphatic carbocycles. The molecule has 0 aliphatic heterocycles. The van der Waals surface area contributed by atoms with Gasteiger partial charge in [-0.1, -0.05) is 0 Å². The summed E-state index contributed by atoms with van der Waals surface area (Å²) in [5.41, 5.74) is 2.59. The fraction of sp³-hybridized carbons (Fsp3) is 0.231. The standard InChI is InChI=1S/C13H13NO2Se/c1-3-16-13(15)11-9(2)12(17-14-11)10-7-5-4-6-8-10/h4-8H,3H2,1-2H3. The van der Waals surface area contributed by atoms with E-state index < -0.39 is 0 Å². The summed E-state index contributed by atoms with van der Waals surface area (Å²) in [6.45, 7) is 4.13. The Kier molecular flexibility index (Phi) is 3.77. The summed E-state index contributed by atoms with van der Waals surface area (Å²) >= 11 is -0.0203. The van der Waals surface area contributed by atoms with Crippen LogP contribution in [0.3, 0.4) is 0 Å². The summed E-state index contributed by atoms with van der Waals surface area (Å²) in [5.74, 6) is -0.308. The van der Waals surface area contributed by atoms with Crippen LogP contribution in [0, 0.1) is 6.92 Å². The molecule has 2 aromatic rings. The van der Waals surface area contributed by atoms with Crippen molar-refractivity contribution in [3.05, 3.63) is 41.6 Å². The molecule has 1 aromatic carbocycles. The number of carbonyl (C=O) groups excluding carboxylic acids is 1. The quantitative estimate of drug-likeness (QED) is 0.644. The first-order valence-corrected chi connectivity index (χ1v) is 7.05. The van der Waals surface area contributed by atoms with Crippen molar-refractivity contribution in [2.45, 2.75) is 13.8 Å². The molecule has 88 valence electrons. The van der Waals surface area contributed by atoms with Crippen molar-refractivity contribution in [1.29, 1.82) is 0 Å². The van der Waals surface area contributed by atoms with Gasteiger partial charge in [0, 0.05) is 0 Å². The number of rotatable bonds is 3. The Morgan fingerprint density at radius 2 is 2.06 bits per heavy atom. The molecule has 0 N–H and O–H groups in total. The van der Waals surface area contributed by atoms with Crippen LogP contribution in [-0.4, -0.2) is 31.3 Å². The number of carbonyl (C=O) groups is 1. The second-order valence-corrected chi connectivity index (χ2v) is 5.19. The number of nitrogens with zero attached hydrogens (tertiary/aromatic N) is 1. The van der Waals surface area contributed by atoms with Crippen LogP contribution < -0.4 is 0 Å². The molecular formula is C13H13NO2Se. The minimum absolute atomic E-state index is 0.0203. The van der Waals surface area contributed by atoms with Gasteiger partial charge in [0.15, 0.2) is 0 Å². The summed E-state index contributed by atoms with van der Waals surface area (Å²) in [6.07, 6.45) is 0. The maximum atomic E-state index is 11.7. The third-order valence-corrected chi connectivity index (χ3v) is 4.52. The molecule has 1 heterocycles. The number of hydrogen-bond donors (Lipinski definition) is 0. The molecule has 3 nitrogen and oxygen atoms in total. The van der Waals surface area contributed by atoms with Gasteiger partial charge in [0.05, 0.1) is 0 Å². The first-order chi connectivity index (χ1) is 8.24. The van der Waals surface area contributed by atoms with Gasteiger partial charge in [0.2, 0.25) is 0 Å². The molecule has 0 atom stereocenters. The predicted molar refractivity (Wildman–Crippen MR) is 67.3 cm³/mol. The molecule has 0 saturated carbocycles. The van der Waals surface area contributed by atoms with Crippen LogP contribution in [0.15, 0.2) is 30.3 Å². The number of hydrogen-bond acceptors (Lipinski definition) is 3. The molecule has 0 fully saturated rings. The van der Waals surface area contributed by atoms with Gasteiger partial charge < -0.3 is 0 Å². The van der Waals surface area contributed by atoms with Gasteiger partial charge >= 0.3 is 106 Å². The van der Waals surface area contributed by atoms with E-state index in [9.17, 15) is 4.79 Å². The number of esters is 1. The van der Waals surface area contributed by atoms with Crippen molar-refractivity contribution in [2.75, 3.05) is 6.61 Å². The van der Waals surface area contributed by atoms with Gasteiger partial charge in [0.1, 0.15) is 0 Å². The van der Waals surface area contributed by atoms with E-state index in [1.165, 1.54) is 4.44 Å². The molecule has 0 amide bonds. The molecule has 2 rings (SSSR count). The molecule has 17 heavy (non-hydrogen) atoms. The van der Waals surface area contributed by atoms with E-state index in [0.717, 1.165) is 11.1 Å². The van der Waals surface area contributed by atoms with Gasteiger partial charge in [-0.3, -0.25) is 0 Å². The van der Waals surface area contributed by atoms with Gasteiger partial charge in [-0.05, 0) is 0 Å². The van der Waals surface area contributed by atoms with Gasteiger partial charge in [-0.25, -0.2) is 0 Å². The van der Waals surface area contributed by atoms with Crippen LogP contribution in [0.5, 0.6) is 0 Å². The fourth-order valence-corrected chi connectivity index (χ4v) is 3.41. The summed E-state index contributed by atoms with van der Waals surface area (Å²) in [4.78, 5) is 11.7. The zero-order chi connectivity index (χ0) is 12.3. The van der Waals surface area contributed by atoms with E-state index in [1.54, 1.807) is 6.92 Å². The Morgan fingerprint density at radius 1 is 1.35 bits per heavy atom. The molecular weight excluding hydrogens is 281 g/mol. The molecule has 4 heteroatoms. The number of aromatic nitrogens is 1. The Morgan fingerprint density at radius 3 is 2.71 bits per heavy atom. The van der Waals surface area contributed by atoms with E-state index >= 15 is 0 Å². The molecule has 0 bridgehead atoms. The van der Waals surface area contributed by atoms with Crippen molar-refractivity contribution in [2.24, 2.45) is 0 Å². The average Bonchev–Trinajstić information content (AvgIpc) is 2.72. The number of ether oxygens (including phenoxy) is 1. The summed E-state index contributed by atoms with van der Waals surface area (Å²) < 4.78 is 10.5. The molecule has 1 aromatic heterocycles. The van der Waals surface area contributed by atoms with Crippen LogP contribution in [0.1, 0.15) is 23.0 Å². The Balaban J connectivity index is 2.37. The summed E-state index contributed by atoms with van der Waals surface area (Å²) in [6, 6.07) is 10.1. The second-order valence-electron chi connectivity index (χ2n) is 3.57. The summed E-state index contributed by atoms with van der Waals surface area (Å²) in [7, 11) is 0. The van der Waals surface area contributed by atoms with Crippen molar-refractivity contribution < 1.29 is 9.53 Å². The monoisotopic (exact) mass is 295 g/mol. The maximum absolute atomic E-state index is 11.7. The van der Waals surface area contributed by atoms with E-state index in [-0.39, 0.29) is 20.7 Å². The zero-order valence-corrected chi connectivity index (χ0v) is 11.5. The average molecular weight is 294 g/mol. The molecule has 0 unspecified atom stereocenters. The Bertz CT molecular complexity index is 519. The normalized spacial score (nSPS) is 10.2. The third kappa shape index (κ3) is 2.48. The van der Waals surface area contributed by atoms with Crippen molar-refractivity contribution in [3.8, 4) is 10.0 Å². The predicted octanol–water partition coefficient (Wildman–Crippen LogP) is 2.29. The van der Waals surface area contributed by atoms with E-state index in [0.29, 0.717) is 12.3 Å². The molecule has 0 radical (unpaired) electrons. The second kappa shape index (κ2) is 5.30. The van der Waals surface area contributed by atoms with Crippen LogP contribution >= 0.6 is 0 Å². The van der Waals surface area contributed by atoms with Crippen LogP contribution in [-0.2, 0) is 4.74 Å². The van der Waals surface area contributed by atoms with Gasteiger partial charge in [0.25, 0.3) is 0 Å².